The molecule has 0 saturated carbocycles. The number of rotatable bonds is 9. The van der Waals surface area contributed by atoms with Crippen LogP contribution in [0.2, 0.25) is 0 Å². The summed E-state index contributed by atoms with van der Waals surface area (Å²) >= 11 is 0. The number of aldehydes is 1. The molecule has 0 aliphatic rings. The highest BCUT2D eigenvalue weighted by atomic mass is 16.1. The zero-order valence-corrected chi connectivity index (χ0v) is 10.4. The number of hydrogen-bond donors (Lipinski definition) is 1. The quantitative estimate of drug-likeness (QED) is 0.372. The fourth-order valence-corrected chi connectivity index (χ4v) is 1.36. The third kappa shape index (κ3) is 9.44. The van der Waals surface area contributed by atoms with Crippen molar-refractivity contribution in [3.8, 4) is 0 Å². The first-order valence-electron chi connectivity index (χ1n) is 6.03. The van der Waals surface area contributed by atoms with Gasteiger partial charge in [-0.1, -0.05) is 31.9 Å². The number of allylic oxidation sites excluding steroid dienone is 1. The summed E-state index contributed by atoms with van der Waals surface area (Å²) in [5, 5.41) is 2.86. The molecule has 0 aromatic carbocycles. The van der Waals surface area contributed by atoms with Crippen LogP contribution in [-0.2, 0) is 9.59 Å². The fraction of sp³-hybridized carbons (Fsp3) is 0.692. The molecule has 0 aliphatic heterocycles. The summed E-state index contributed by atoms with van der Waals surface area (Å²) in [6.45, 7) is 4.58. The molecule has 1 N–H and O–H groups in total. The maximum absolute atomic E-state index is 11.2. The molecule has 3 heteroatoms. The van der Waals surface area contributed by atoms with Crippen molar-refractivity contribution in [3.05, 3.63) is 12.2 Å². The molecule has 0 radical (unpaired) electrons. The van der Waals surface area contributed by atoms with Crippen molar-refractivity contribution in [2.24, 2.45) is 5.92 Å². The molecule has 0 bridgehead atoms. The Hall–Kier alpha value is -1.12. The summed E-state index contributed by atoms with van der Waals surface area (Å²) < 4.78 is 0. The van der Waals surface area contributed by atoms with Crippen molar-refractivity contribution in [1.82, 2.24) is 5.32 Å². The van der Waals surface area contributed by atoms with Crippen molar-refractivity contribution in [2.75, 3.05) is 6.54 Å². The summed E-state index contributed by atoms with van der Waals surface area (Å²) in [4.78, 5) is 21.5. The third-order valence-electron chi connectivity index (χ3n) is 2.43. The van der Waals surface area contributed by atoms with E-state index in [9.17, 15) is 9.59 Å². The second-order valence-electron chi connectivity index (χ2n) is 4.09. The van der Waals surface area contributed by atoms with E-state index in [4.69, 9.17) is 0 Å². The second kappa shape index (κ2) is 10.4. The molecule has 0 rings (SSSR count). The number of unbranched alkanes of at least 4 members (excludes halogenated alkanes) is 2. The van der Waals surface area contributed by atoms with Crippen LogP contribution >= 0.6 is 0 Å². The number of amides is 1. The number of carbonyl (C=O) groups excluding carboxylic acids is 2. The number of carbonyl (C=O) groups is 2. The minimum atomic E-state index is 0.0827. The maximum Gasteiger partial charge on any atom is 0.223 e. The Balaban J connectivity index is 3.26. The largest absolute Gasteiger partial charge is 0.356 e. The third-order valence-corrected chi connectivity index (χ3v) is 2.43. The van der Waals surface area contributed by atoms with Gasteiger partial charge in [-0.05, 0) is 19.8 Å². The van der Waals surface area contributed by atoms with Gasteiger partial charge in [0.1, 0.15) is 6.29 Å². The van der Waals surface area contributed by atoms with E-state index >= 15 is 0 Å². The van der Waals surface area contributed by atoms with Gasteiger partial charge in [-0.3, -0.25) is 4.79 Å². The van der Waals surface area contributed by atoms with Crippen molar-refractivity contribution >= 4 is 12.2 Å². The summed E-state index contributed by atoms with van der Waals surface area (Å²) in [6.07, 6.45) is 9.27. The monoisotopic (exact) mass is 225 g/mol. The lowest BCUT2D eigenvalue weighted by Crippen LogP contribution is -2.23. The van der Waals surface area contributed by atoms with Crippen LogP contribution in [0.1, 0.15) is 46.0 Å². The van der Waals surface area contributed by atoms with Gasteiger partial charge in [-0.25, -0.2) is 0 Å². The summed E-state index contributed by atoms with van der Waals surface area (Å²) in [5.74, 6) is 0.253. The Bertz CT molecular complexity index is 224. The molecule has 0 fully saturated rings. The molecule has 1 amide bonds. The van der Waals surface area contributed by atoms with Crippen molar-refractivity contribution < 1.29 is 9.59 Å². The highest BCUT2D eigenvalue weighted by molar-refractivity contribution is 5.77. The molecular formula is C13H23NO2. The fourth-order valence-electron chi connectivity index (χ4n) is 1.36. The van der Waals surface area contributed by atoms with Gasteiger partial charge in [0.2, 0.25) is 5.91 Å². The first kappa shape index (κ1) is 14.9. The van der Waals surface area contributed by atoms with E-state index in [0.29, 0.717) is 6.42 Å². The Kier molecular flexibility index (Phi) is 9.67. The number of nitrogens with one attached hydrogen (secondary N) is 1. The number of hydrogen-bond acceptors (Lipinski definition) is 2. The van der Waals surface area contributed by atoms with E-state index in [1.807, 2.05) is 26.0 Å². The Labute approximate surface area is 98.3 Å². The average molecular weight is 225 g/mol. The van der Waals surface area contributed by atoms with Gasteiger partial charge in [-0.15, -0.1) is 0 Å². The topological polar surface area (TPSA) is 46.2 Å². The molecule has 0 aliphatic carbocycles. The highest BCUT2D eigenvalue weighted by Crippen LogP contribution is 2.06. The molecule has 0 aromatic rings. The summed E-state index contributed by atoms with van der Waals surface area (Å²) in [6, 6.07) is 0. The van der Waals surface area contributed by atoms with Gasteiger partial charge in [0.25, 0.3) is 0 Å². The van der Waals surface area contributed by atoms with Crippen LogP contribution in [-0.4, -0.2) is 18.7 Å². The van der Waals surface area contributed by atoms with Crippen LogP contribution in [0.5, 0.6) is 0 Å². The molecule has 0 heterocycles. The van der Waals surface area contributed by atoms with Gasteiger partial charge in [0.05, 0.1) is 0 Å². The van der Waals surface area contributed by atoms with E-state index < -0.39 is 0 Å². The highest BCUT2D eigenvalue weighted by Gasteiger charge is 1.99. The van der Waals surface area contributed by atoms with Crippen LogP contribution in [0.25, 0.3) is 0 Å². The van der Waals surface area contributed by atoms with Crippen LogP contribution in [0.4, 0.5) is 0 Å². The van der Waals surface area contributed by atoms with Crippen LogP contribution in [0.15, 0.2) is 12.2 Å². The van der Waals surface area contributed by atoms with Crippen LogP contribution in [0.3, 0.4) is 0 Å². The zero-order valence-electron chi connectivity index (χ0n) is 10.4. The average Bonchev–Trinajstić information content (AvgIpc) is 2.30. The molecule has 3 nitrogen and oxygen atoms in total. The van der Waals surface area contributed by atoms with Gasteiger partial charge in [0.15, 0.2) is 0 Å². The predicted molar refractivity (Wildman–Crippen MR) is 66.1 cm³/mol. The minimum Gasteiger partial charge on any atom is -0.356 e. The lowest BCUT2D eigenvalue weighted by atomic mass is 10.1. The zero-order chi connectivity index (χ0) is 12.2. The molecular weight excluding hydrogens is 202 g/mol. The van der Waals surface area contributed by atoms with Crippen molar-refractivity contribution in [1.29, 1.82) is 0 Å². The smallest absolute Gasteiger partial charge is 0.223 e. The van der Waals surface area contributed by atoms with Crippen molar-refractivity contribution in [3.63, 3.8) is 0 Å². The standard InChI is InChI=1S/C13H23NO2/c1-3-4-9-13(16)14-10-7-5-6-8-12(2)11-15/h3-4,11-12H,5-10H2,1-2H3,(H,14,16)/b4-3+. The van der Waals surface area contributed by atoms with E-state index in [0.717, 1.165) is 38.5 Å². The Morgan fingerprint density at radius 3 is 2.69 bits per heavy atom. The molecule has 0 saturated heterocycles. The van der Waals surface area contributed by atoms with Gasteiger partial charge < -0.3 is 10.1 Å². The molecule has 1 atom stereocenters. The normalized spacial score (nSPS) is 12.6. The predicted octanol–water partition coefficient (Wildman–Crippen LogP) is 2.46. The van der Waals surface area contributed by atoms with E-state index in [-0.39, 0.29) is 11.8 Å². The lowest BCUT2D eigenvalue weighted by Gasteiger charge is -2.04. The molecule has 1 unspecified atom stereocenters. The molecule has 0 spiro atoms. The first-order valence-corrected chi connectivity index (χ1v) is 6.03. The molecule has 0 aromatic heterocycles. The van der Waals surface area contributed by atoms with Gasteiger partial charge in [0, 0.05) is 18.9 Å². The maximum atomic E-state index is 11.2. The first-order chi connectivity index (χ1) is 7.70. The molecule has 16 heavy (non-hydrogen) atoms. The molecule has 92 valence electrons. The van der Waals surface area contributed by atoms with Crippen molar-refractivity contribution in [2.45, 2.75) is 46.0 Å². The van der Waals surface area contributed by atoms with Gasteiger partial charge >= 0.3 is 0 Å². The summed E-state index contributed by atoms with van der Waals surface area (Å²) in [5.41, 5.74) is 0. The van der Waals surface area contributed by atoms with E-state index in [1.54, 1.807) is 0 Å². The van der Waals surface area contributed by atoms with E-state index in [2.05, 4.69) is 5.32 Å². The minimum absolute atomic E-state index is 0.0827. The Morgan fingerprint density at radius 1 is 1.31 bits per heavy atom. The SMILES string of the molecule is C/C=C/CC(=O)NCCCCCC(C)C=O. The second-order valence-corrected chi connectivity index (χ2v) is 4.09. The van der Waals surface area contributed by atoms with Gasteiger partial charge in [-0.2, -0.15) is 0 Å². The lowest BCUT2D eigenvalue weighted by molar-refractivity contribution is -0.120. The van der Waals surface area contributed by atoms with Crippen LogP contribution in [0, 0.1) is 5.92 Å². The van der Waals surface area contributed by atoms with E-state index in [1.165, 1.54) is 0 Å². The Morgan fingerprint density at radius 2 is 2.06 bits per heavy atom. The van der Waals surface area contributed by atoms with Crippen LogP contribution < -0.4 is 5.32 Å². The summed E-state index contributed by atoms with van der Waals surface area (Å²) in [7, 11) is 0.